The average Bonchev–Trinajstić information content (AvgIpc) is 3.02. The number of piperidine rings is 1. The number of likely N-dealkylation sites (tertiary alicyclic amines) is 1. The Morgan fingerprint density at radius 2 is 1.83 bits per heavy atom. The molecule has 3 nitrogen and oxygen atoms in total. The van der Waals surface area contributed by atoms with Crippen molar-refractivity contribution < 1.29 is 0 Å². The third kappa shape index (κ3) is 3.14. The van der Waals surface area contributed by atoms with Crippen LogP contribution in [0, 0.1) is 0 Å². The summed E-state index contributed by atoms with van der Waals surface area (Å²) in [5.74, 6) is 0. The maximum absolute atomic E-state index is 6.36. The van der Waals surface area contributed by atoms with Gasteiger partial charge in [0.15, 0.2) is 0 Å². The van der Waals surface area contributed by atoms with E-state index in [1.54, 1.807) is 0 Å². The van der Waals surface area contributed by atoms with E-state index in [2.05, 4.69) is 52.6 Å². The summed E-state index contributed by atoms with van der Waals surface area (Å²) in [6.07, 6.45) is 2.33. The Morgan fingerprint density at radius 1 is 1.08 bits per heavy atom. The average molecular weight is 340 g/mol. The first-order valence-corrected chi connectivity index (χ1v) is 8.89. The van der Waals surface area contributed by atoms with Crippen LogP contribution in [0.5, 0.6) is 0 Å². The Hall–Kier alpha value is -1.97. The number of rotatable bonds is 3. The summed E-state index contributed by atoms with van der Waals surface area (Å²) in [5, 5.41) is 5.63. The minimum Gasteiger partial charge on any atom is -0.380 e. The van der Waals surface area contributed by atoms with E-state index >= 15 is 0 Å². The molecular formula is C20H22ClN3. The highest BCUT2D eigenvalue weighted by molar-refractivity contribution is 6.32. The first-order valence-electron chi connectivity index (χ1n) is 8.52. The fraction of sp³-hybridized carbons (Fsp3) is 0.300. The van der Waals surface area contributed by atoms with E-state index in [9.17, 15) is 0 Å². The number of aromatic nitrogens is 1. The molecule has 0 unspecified atom stereocenters. The predicted octanol–water partition coefficient (Wildman–Crippen LogP) is 4.99. The number of benzene rings is 2. The molecule has 0 atom stereocenters. The monoisotopic (exact) mass is 339 g/mol. The second-order valence-corrected chi connectivity index (χ2v) is 7.12. The smallest absolute Gasteiger partial charge is 0.0695 e. The molecule has 1 aromatic heterocycles. The van der Waals surface area contributed by atoms with Crippen LogP contribution in [0.4, 0.5) is 5.69 Å². The van der Waals surface area contributed by atoms with Gasteiger partial charge >= 0.3 is 0 Å². The molecule has 0 spiro atoms. The van der Waals surface area contributed by atoms with Gasteiger partial charge in [0, 0.05) is 22.1 Å². The fourth-order valence-corrected chi connectivity index (χ4v) is 3.69. The van der Waals surface area contributed by atoms with Gasteiger partial charge in [0.1, 0.15) is 0 Å². The second kappa shape index (κ2) is 6.50. The molecule has 2 aromatic carbocycles. The molecule has 1 aliphatic heterocycles. The maximum Gasteiger partial charge on any atom is 0.0695 e. The first kappa shape index (κ1) is 15.6. The lowest BCUT2D eigenvalue weighted by molar-refractivity contribution is 0.264. The molecule has 2 N–H and O–H groups in total. The Bertz CT molecular complexity index is 833. The summed E-state index contributed by atoms with van der Waals surface area (Å²) >= 11 is 6.36. The van der Waals surface area contributed by atoms with E-state index in [0.717, 1.165) is 53.2 Å². The molecule has 0 radical (unpaired) electrons. The summed E-state index contributed by atoms with van der Waals surface area (Å²) < 4.78 is 0. The van der Waals surface area contributed by atoms with E-state index in [-0.39, 0.29) is 0 Å². The normalized spacial score (nSPS) is 16.6. The van der Waals surface area contributed by atoms with Crippen molar-refractivity contribution in [2.24, 2.45) is 0 Å². The van der Waals surface area contributed by atoms with Gasteiger partial charge in [0.25, 0.3) is 0 Å². The van der Waals surface area contributed by atoms with Crippen LogP contribution in [0.1, 0.15) is 12.8 Å². The first-order chi connectivity index (χ1) is 11.7. The van der Waals surface area contributed by atoms with Crippen molar-refractivity contribution in [3.63, 3.8) is 0 Å². The number of nitrogens with zero attached hydrogens (tertiary/aromatic N) is 1. The molecule has 0 aliphatic carbocycles. The summed E-state index contributed by atoms with van der Waals surface area (Å²) in [6.45, 7) is 2.28. The lowest BCUT2D eigenvalue weighted by atomic mass is 10.0. The van der Waals surface area contributed by atoms with Crippen LogP contribution in [-0.2, 0) is 0 Å². The number of nitrogens with one attached hydrogen (secondary N) is 2. The van der Waals surface area contributed by atoms with E-state index in [1.807, 2.05) is 18.2 Å². The lowest BCUT2D eigenvalue weighted by Crippen LogP contribution is -2.36. The van der Waals surface area contributed by atoms with E-state index in [1.165, 1.54) is 5.56 Å². The predicted molar refractivity (Wildman–Crippen MR) is 103 cm³/mol. The van der Waals surface area contributed by atoms with Gasteiger partial charge < -0.3 is 15.2 Å². The maximum atomic E-state index is 6.36. The van der Waals surface area contributed by atoms with Crippen molar-refractivity contribution in [3.8, 4) is 11.3 Å². The third-order valence-corrected chi connectivity index (χ3v) is 5.07. The number of H-pyrrole nitrogens is 1. The molecule has 0 bridgehead atoms. The number of halogens is 1. The Kier molecular flexibility index (Phi) is 4.21. The van der Waals surface area contributed by atoms with Crippen LogP contribution in [-0.4, -0.2) is 36.1 Å². The molecule has 1 fully saturated rings. The standard InChI is InChI=1S/C20H22ClN3/c1-24-9-7-17(8-10-24)22-19-13-16(21)11-15-12-18(23-20(15)19)14-5-3-2-4-6-14/h2-6,11-13,17,22-23H,7-10H2,1H3. The molecule has 0 amide bonds. The topological polar surface area (TPSA) is 31.1 Å². The molecule has 2 heterocycles. The lowest BCUT2D eigenvalue weighted by Gasteiger charge is -2.30. The number of hydrogen-bond donors (Lipinski definition) is 2. The summed E-state index contributed by atoms with van der Waals surface area (Å²) in [5.41, 5.74) is 4.56. The molecule has 24 heavy (non-hydrogen) atoms. The Morgan fingerprint density at radius 3 is 2.58 bits per heavy atom. The largest absolute Gasteiger partial charge is 0.380 e. The molecule has 3 aromatic rings. The van der Waals surface area contributed by atoms with Crippen LogP contribution >= 0.6 is 11.6 Å². The van der Waals surface area contributed by atoms with Crippen LogP contribution in [0.2, 0.25) is 5.02 Å². The van der Waals surface area contributed by atoms with Gasteiger partial charge in [0.05, 0.1) is 11.2 Å². The van der Waals surface area contributed by atoms with Crippen molar-refractivity contribution in [3.05, 3.63) is 53.6 Å². The summed E-state index contributed by atoms with van der Waals surface area (Å²) in [4.78, 5) is 5.96. The highest BCUT2D eigenvalue weighted by Gasteiger charge is 2.18. The second-order valence-electron chi connectivity index (χ2n) is 6.69. The Labute approximate surface area is 147 Å². The van der Waals surface area contributed by atoms with Gasteiger partial charge in [-0.3, -0.25) is 0 Å². The molecule has 1 aliphatic rings. The van der Waals surface area contributed by atoms with Gasteiger partial charge in [-0.2, -0.15) is 0 Å². The molecule has 0 saturated carbocycles. The van der Waals surface area contributed by atoms with Crippen LogP contribution in [0.15, 0.2) is 48.5 Å². The van der Waals surface area contributed by atoms with Crippen LogP contribution < -0.4 is 5.32 Å². The van der Waals surface area contributed by atoms with Crippen molar-refractivity contribution in [1.29, 1.82) is 0 Å². The SMILES string of the molecule is CN1CCC(Nc2cc(Cl)cc3cc(-c4ccccc4)[nH]c23)CC1. The molecule has 4 heteroatoms. The van der Waals surface area contributed by atoms with Crippen LogP contribution in [0.25, 0.3) is 22.2 Å². The van der Waals surface area contributed by atoms with Gasteiger partial charge in [0.2, 0.25) is 0 Å². The minimum atomic E-state index is 0.506. The van der Waals surface area contributed by atoms with Crippen molar-refractivity contribution in [2.75, 3.05) is 25.5 Å². The third-order valence-electron chi connectivity index (χ3n) is 4.86. The van der Waals surface area contributed by atoms with Crippen molar-refractivity contribution in [2.45, 2.75) is 18.9 Å². The minimum absolute atomic E-state index is 0.506. The number of anilines is 1. The Balaban J connectivity index is 1.68. The summed E-state index contributed by atoms with van der Waals surface area (Å²) in [6, 6.07) is 17.1. The number of hydrogen-bond acceptors (Lipinski definition) is 2. The van der Waals surface area contributed by atoms with E-state index in [4.69, 9.17) is 11.6 Å². The van der Waals surface area contributed by atoms with Crippen molar-refractivity contribution in [1.82, 2.24) is 9.88 Å². The summed E-state index contributed by atoms with van der Waals surface area (Å²) in [7, 11) is 2.19. The van der Waals surface area contributed by atoms with Crippen LogP contribution in [0.3, 0.4) is 0 Å². The zero-order valence-corrected chi connectivity index (χ0v) is 14.6. The van der Waals surface area contributed by atoms with E-state index in [0.29, 0.717) is 6.04 Å². The zero-order chi connectivity index (χ0) is 16.5. The quantitative estimate of drug-likeness (QED) is 0.704. The highest BCUT2D eigenvalue weighted by Crippen LogP contribution is 2.32. The number of aromatic amines is 1. The van der Waals surface area contributed by atoms with Gasteiger partial charge in [-0.25, -0.2) is 0 Å². The van der Waals surface area contributed by atoms with Gasteiger partial charge in [-0.1, -0.05) is 41.9 Å². The highest BCUT2D eigenvalue weighted by atomic mass is 35.5. The molecule has 4 rings (SSSR count). The fourth-order valence-electron chi connectivity index (χ4n) is 3.47. The molecular weight excluding hydrogens is 318 g/mol. The number of fused-ring (bicyclic) bond motifs is 1. The van der Waals surface area contributed by atoms with Gasteiger partial charge in [-0.05, 0) is 56.7 Å². The zero-order valence-electron chi connectivity index (χ0n) is 13.8. The molecule has 1 saturated heterocycles. The van der Waals surface area contributed by atoms with Crippen molar-refractivity contribution >= 4 is 28.2 Å². The molecule has 124 valence electrons. The van der Waals surface area contributed by atoms with E-state index < -0.39 is 0 Å². The van der Waals surface area contributed by atoms with Gasteiger partial charge in [-0.15, -0.1) is 0 Å².